The van der Waals surface area contributed by atoms with Crippen LogP contribution in [0.25, 0.3) is 22.6 Å². The lowest BCUT2D eigenvalue weighted by atomic mass is 10.2. The molecule has 0 atom stereocenters. The summed E-state index contributed by atoms with van der Waals surface area (Å²) in [5.74, 6) is 1.12. The number of hydrogen-bond donors (Lipinski definition) is 1. The molecule has 0 bridgehead atoms. The Bertz CT molecular complexity index is 789. The Morgan fingerprint density at radius 2 is 2.14 bits per heavy atom. The number of nitrogens with zero attached hydrogens (tertiary/aromatic N) is 2. The summed E-state index contributed by atoms with van der Waals surface area (Å²) in [6, 6.07) is 9.90. The van der Waals surface area contributed by atoms with E-state index in [2.05, 4.69) is 15.5 Å². The molecule has 4 rings (SSSR count). The highest BCUT2D eigenvalue weighted by molar-refractivity contribution is 7.99. The van der Waals surface area contributed by atoms with Crippen LogP contribution >= 0.6 is 11.8 Å². The second kappa shape index (κ2) is 5.49. The van der Waals surface area contributed by atoms with Crippen molar-refractivity contribution in [2.75, 3.05) is 5.75 Å². The highest BCUT2D eigenvalue weighted by atomic mass is 32.2. The number of amides is 1. The van der Waals surface area contributed by atoms with E-state index >= 15 is 0 Å². The van der Waals surface area contributed by atoms with Gasteiger partial charge in [0.2, 0.25) is 5.91 Å². The van der Waals surface area contributed by atoms with Crippen molar-refractivity contribution in [1.29, 1.82) is 0 Å². The minimum Gasteiger partial charge on any atom is -0.451 e. The van der Waals surface area contributed by atoms with Gasteiger partial charge in [-0.15, -0.1) is 10.2 Å². The number of thioether (sulfide) groups is 1. The van der Waals surface area contributed by atoms with Crippen molar-refractivity contribution in [3.8, 4) is 11.7 Å². The van der Waals surface area contributed by atoms with Gasteiger partial charge in [-0.05, 0) is 25.0 Å². The van der Waals surface area contributed by atoms with Gasteiger partial charge in [-0.2, -0.15) is 0 Å². The molecule has 0 spiro atoms. The van der Waals surface area contributed by atoms with Gasteiger partial charge in [0.05, 0.1) is 5.75 Å². The zero-order chi connectivity index (χ0) is 14.9. The molecule has 22 heavy (non-hydrogen) atoms. The molecule has 0 saturated heterocycles. The number of benzene rings is 1. The number of para-hydroxylation sites is 1. The van der Waals surface area contributed by atoms with Gasteiger partial charge in [0.25, 0.3) is 11.1 Å². The molecule has 0 unspecified atom stereocenters. The van der Waals surface area contributed by atoms with E-state index in [1.807, 2.05) is 30.3 Å². The summed E-state index contributed by atoms with van der Waals surface area (Å²) in [7, 11) is 0. The molecular formula is C15H13N3O3S. The van der Waals surface area contributed by atoms with Gasteiger partial charge >= 0.3 is 0 Å². The summed E-state index contributed by atoms with van der Waals surface area (Å²) in [4.78, 5) is 11.6. The van der Waals surface area contributed by atoms with E-state index in [9.17, 15) is 4.79 Å². The predicted octanol–water partition coefficient (Wildman–Crippen LogP) is 2.85. The summed E-state index contributed by atoms with van der Waals surface area (Å²) < 4.78 is 11.2. The number of carbonyl (C=O) groups is 1. The summed E-state index contributed by atoms with van der Waals surface area (Å²) in [6.45, 7) is 0. The molecule has 0 aliphatic heterocycles. The molecule has 1 amide bonds. The van der Waals surface area contributed by atoms with Crippen LogP contribution in [0.1, 0.15) is 12.8 Å². The van der Waals surface area contributed by atoms with Crippen LogP contribution in [-0.2, 0) is 4.79 Å². The molecule has 1 aliphatic carbocycles. The van der Waals surface area contributed by atoms with Crippen LogP contribution in [0, 0.1) is 0 Å². The molecule has 1 aromatic carbocycles. The monoisotopic (exact) mass is 315 g/mol. The van der Waals surface area contributed by atoms with Gasteiger partial charge < -0.3 is 14.2 Å². The maximum Gasteiger partial charge on any atom is 0.284 e. The Hall–Kier alpha value is -2.28. The minimum absolute atomic E-state index is 0.00372. The molecular weight excluding hydrogens is 302 g/mol. The maximum atomic E-state index is 11.6. The SMILES string of the molecule is O=C(CSc1nnc(-c2cc3ccccc3o2)o1)NC1CC1. The van der Waals surface area contributed by atoms with Crippen molar-refractivity contribution in [3.63, 3.8) is 0 Å². The van der Waals surface area contributed by atoms with Crippen LogP contribution in [0.4, 0.5) is 0 Å². The standard InChI is InChI=1S/C15H13N3O3S/c19-13(16-10-5-6-10)8-22-15-18-17-14(21-15)12-7-9-3-1-2-4-11(9)20-12/h1-4,7,10H,5-6,8H2,(H,16,19). The number of rotatable bonds is 5. The van der Waals surface area contributed by atoms with Crippen molar-refractivity contribution < 1.29 is 13.6 Å². The van der Waals surface area contributed by atoms with Gasteiger partial charge in [-0.25, -0.2) is 0 Å². The fourth-order valence-corrected chi connectivity index (χ4v) is 2.65. The van der Waals surface area contributed by atoms with E-state index in [1.165, 1.54) is 11.8 Å². The topological polar surface area (TPSA) is 81.2 Å². The van der Waals surface area contributed by atoms with E-state index in [1.54, 1.807) is 0 Å². The smallest absolute Gasteiger partial charge is 0.284 e. The molecule has 1 N–H and O–H groups in total. The van der Waals surface area contributed by atoms with Crippen molar-refractivity contribution in [3.05, 3.63) is 30.3 Å². The largest absolute Gasteiger partial charge is 0.451 e. The van der Waals surface area contributed by atoms with Crippen LogP contribution in [0.5, 0.6) is 0 Å². The lowest BCUT2D eigenvalue weighted by Gasteiger charge is -1.99. The first kappa shape index (κ1) is 13.4. The zero-order valence-corrected chi connectivity index (χ0v) is 12.4. The number of fused-ring (bicyclic) bond motifs is 1. The van der Waals surface area contributed by atoms with E-state index in [0.717, 1.165) is 23.8 Å². The molecule has 0 radical (unpaired) electrons. The average molecular weight is 315 g/mol. The number of aromatic nitrogens is 2. The molecule has 2 aromatic heterocycles. The quantitative estimate of drug-likeness (QED) is 0.729. The summed E-state index contributed by atoms with van der Waals surface area (Å²) >= 11 is 1.23. The first-order valence-electron chi connectivity index (χ1n) is 7.02. The van der Waals surface area contributed by atoms with Crippen molar-refractivity contribution >= 4 is 28.6 Å². The van der Waals surface area contributed by atoms with Crippen molar-refractivity contribution in [2.45, 2.75) is 24.1 Å². The van der Waals surface area contributed by atoms with Crippen LogP contribution in [0.2, 0.25) is 0 Å². The lowest BCUT2D eigenvalue weighted by Crippen LogP contribution is -2.26. The third kappa shape index (κ3) is 2.85. The summed E-state index contributed by atoms with van der Waals surface area (Å²) in [6.07, 6.45) is 2.15. The third-order valence-corrected chi connectivity index (χ3v) is 4.13. The van der Waals surface area contributed by atoms with Crippen molar-refractivity contribution in [1.82, 2.24) is 15.5 Å². The number of furan rings is 1. The lowest BCUT2D eigenvalue weighted by molar-refractivity contribution is -0.118. The Morgan fingerprint density at radius 1 is 1.27 bits per heavy atom. The van der Waals surface area contributed by atoms with Gasteiger partial charge in [0, 0.05) is 11.4 Å². The molecule has 1 saturated carbocycles. The summed E-state index contributed by atoms with van der Waals surface area (Å²) in [5, 5.41) is 12.2. The number of hydrogen-bond acceptors (Lipinski definition) is 6. The minimum atomic E-state index is -0.00372. The van der Waals surface area contributed by atoms with E-state index < -0.39 is 0 Å². The molecule has 2 heterocycles. The average Bonchev–Trinajstić information content (AvgIpc) is 3.05. The third-order valence-electron chi connectivity index (χ3n) is 3.31. The second-order valence-corrected chi connectivity index (χ2v) is 6.08. The number of nitrogens with one attached hydrogen (secondary N) is 1. The van der Waals surface area contributed by atoms with Crippen molar-refractivity contribution in [2.24, 2.45) is 0 Å². The van der Waals surface area contributed by atoms with Gasteiger partial charge in [-0.3, -0.25) is 4.79 Å². The first-order valence-corrected chi connectivity index (χ1v) is 8.01. The van der Waals surface area contributed by atoms with Crippen LogP contribution in [0.3, 0.4) is 0 Å². The molecule has 7 heteroatoms. The van der Waals surface area contributed by atoms with E-state index in [0.29, 0.717) is 22.9 Å². The Labute approximate surface area is 130 Å². The van der Waals surface area contributed by atoms with Crippen LogP contribution < -0.4 is 5.32 Å². The van der Waals surface area contributed by atoms with E-state index in [-0.39, 0.29) is 11.7 Å². The van der Waals surface area contributed by atoms with Gasteiger partial charge in [0.1, 0.15) is 5.58 Å². The molecule has 1 fully saturated rings. The summed E-state index contributed by atoms with van der Waals surface area (Å²) in [5.41, 5.74) is 0.772. The molecule has 3 aromatic rings. The predicted molar refractivity (Wildman–Crippen MR) is 81.4 cm³/mol. The van der Waals surface area contributed by atoms with Crippen LogP contribution in [-0.4, -0.2) is 27.9 Å². The fraction of sp³-hybridized carbons (Fsp3) is 0.267. The normalized spacial score (nSPS) is 14.4. The molecule has 1 aliphatic rings. The Kier molecular flexibility index (Phi) is 3.34. The number of carbonyl (C=O) groups excluding carboxylic acids is 1. The van der Waals surface area contributed by atoms with Gasteiger partial charge in [-0.1, -0.05) is 30.0 Å². The highest BCUT2D eigenvalue weighted by Gasteiger charge is 2.23. The zero-order valence-electron chi connectivity index (χ0n) is 11.6. The second-order valence-electron chi connectivity index (χ2n) is 5.15. The molecule has 6 nitrogen and oxygen atoms in total. The highest BCUT2D eigenvalue weighted by Crippen LogP contribution is 2.28. The fourth-order valence-electron chi connectivity index (χ4n) is 2.08. The van der Waals surface area contributed by atoms with E-state index in [4.69, 9.17) is 8.83 Å². The molecule has 112 valence electrons. The first-order chi connectivity index (χ1) is 10.8. The Morgan fingerprint density at radius 3 is 2.95 bits per heavy atom. The van der Waals surface area contributed by atoms with Gasteiger partial charge in [0.15, 0.2) is 5.76 Å². The Balaban J connectivity index is 1.45. The van der Waals surface area contributed by atoms with Crippen LogP contribution in [0.15, 0.2) is 44.4 Å². The maximum absolute atomic E-state index is 11.6.